The van der Waals surface area contributed by atoms with Crippen LogP contribution in [-0.4, -0.2) is 16.7 Å². The van der Waals surface area contributed by atoms with E-state index < -0.39 is 0 Å². The van der Waals surface area contributed by atoms with Crippen LogP contribution < -0.4 is 0 Å². The van der Waals surface area contributed by atoms with Crippen LogP contribution in [0.5, 0.6) is 0 Å². The number of hydrogen-bond acceptors (Lipinski definition) is 3. The molecule has 2 nitrogen and oxygen atoms in total. The second-order valence-electron chi connectivity index (χ2n) is 3.83. The summed E-state index contributed by atoms with van der Waals surface area (Å²) in [4.78, 5) is 4.47. The molecule has 90 valence electrons. The van der Waals surface area contributed by atoms with Gasteiger partial charge < -0.3 is 5.11 Å². The standard InChI is InChI=1S/C13H14ClNOS/c14-11-4-1-10(2-5-11)3-6-13-15-12(7-8-16)9-17-13/h1-2,4-5,9,16H,3,6-8H2. The highest BCUT2D eigenvalue weighted by Gasteiger charge is 2.02. The molecule has 0 radical (unpaired) electrons. The fourth-order valence-electron chi connectivity index (χ4n) is 1.60. The molecule has 0 fully saturated rings. The van der Waals surface area contributed by atoms with Crippen LogP contribution in [-0.2, 0) is 19.3 Å². The first-order chi connectivity index (χ1) is 8.28. The third kappa shape index (κ3) is 3.80. The fraction of sp³-hybridized carbons (Fsp3) is 0.308. The van der Waals surface area contributed by atoms with E-state index in [2.05, 4.69) is 4.98 Å². The first-order valence-corrected chi connectivity index (χ1v) is 6.82. The van der Waals surface area contributed by atoms with Crippen molar-refractivity contribution in [2.45, 2.75) is 19.3 Å². The number of thiazole rings is 1. The van der Waals surface area contributed by atoms with Crippen molar-refractivity contribution in [2.75, 3.05) is 6.61 Å². The van der Waals surface area contributed by atoms with E-state index >= 15 is 0 Å². The minimum atomic E-state index is 0.167. The predicted octanol–water partition coefficient (Wildman–Crippen LogP) is 3.12. The van der Waals surface area contributed by atoms with Gasteiger partial charge in [-0.05, 0) is 24.1 Å². The average Bonchev–Trinajstić information content (AvgIpc) is 2.77. The Morgan fingerprint density at radius 3 is 2.59 bits per heavy atom. The Bertz CT molecular complexity index is 467. The Kier molecular flexibility index (Phi) is 4.54. The number of aliphatic hydroxyl groups is 1. The van der Waals surface area contributed by atoms with Crippen LogP contribution in [0.15, 0.2) is 29.6 Å². The van der Waals surface area contributed by atoms with Gasteiger partial charge >= 0.3 is 0 Å². The molecule has 0 bridgehead atoms. The summed E-state index contributed by atoms with van der Waals surface area (Å²) in [5, 5.41) is 12.7. The minimum Gasteiger partial charge on any atom is -0.396 e. The van der Waals surface area contributed by atoms with Crippen molar-refractivity contribution in [3.63, 3.8) is 0 Å². The second kappa shape index (κ2) is 6.15. The van der Waals surface area contributed by atoms with Crippen LogP contribution in [0.2, 0.25) is 5.02 Å². The molecule has 0 saturated heterocycles. The van der Waals surface area contributed by atoms with Crippen LogP contribution in [0.3, 0.4) is 0 Å². The Morgan fingerprint density at radius 2 is 1.88 bits per heavy atom. The number of aromatic nitrogens is 1. The SMILES string of the molecule is OCCc1csc(CCc2ccc(Cl)cc2)n1. The number of aliphatic hydroxyl groups excluding tert-OH is 1. The highest BCUT2D eigenvalue weighted by atomic mass is 35.5. The molecule has 0 amide bonds. The molecule has 2 aromatic rings. The van der Waals surface area contributed by atoms with Gasteiger partial charge in [0.2, 0.25) is 0 Å². The first kappa shape index (κ1) is 12.6. The van der Waals surface area contributed by atoms with Crippen molar-refractivity contribution in [1.82, 2.24) is 4.98 Å². The second-order valence-corrected chi connectivity index (χ2v) is 5.21. The lowest BCUT2D eigenvalue weighted by molar-refractivity contribution is 0.298. The van der Waals surface area contributed by atoms with Gasteiger partial charge in [-0.25, -0.2) is 4.98 Å². The van der Waals surface area contributed by atoms with E-state index in [1.54, 1.807) is 11.3 Å². The zero-order valence-electron chi connectivity index (χ0n) is 9.40. The van der Waals surface area contributed by atoms with Crippen molar-refractivity contribution >= 4 is 22.9 Å². The Balaban J connectivity index is 1.90. The van der Waals surface area contributed by atoms with Crippen LogP contribution in [0, 0.1) is 0 Å². The summed E-state index contributed by atoms with van der Waals surface area (Å²) in [6, 6.07) is 7.92. The van der Waals surface area contributed by atoms with E-state index in [9.17, 15) is 0 Å². The number of benzene rings is 1. The quantitative estimate of drug-likeness (QED) is 0.903. The number of nitrogens with zero attached hydrogens (tertiary/aromatic N) is 1. The molecule has 0 atom stereocenters. The topological polar surface area (TPSA) is 33.1 Å². The maximum atomic E-state index is 8.81. The number of halogens is 1. The molecular weight excluding hydrogens is 254 g/mol. The van der Waals surface area contributed by atoms with Crippen molar-refractivity contribution in [3.05, 3.63) is 50.9 Å². The summed E-state index contributed by atoms with van der Waals surface area (Å²) < 4.78 is 0. The molecule has 0 aliphatic carbocycles. The molecule has 2 rings (SSSR count). The average molecular weight is 268 g/mol. The normalized spacial score (nSPS) is 10.7. The van der Waals surface area contributed by atoms with E-state index in [1.807, 2.05) is 29.6 Å². The van der Waals surface area contributed by atoms with Gasteiger partial charge in [-0.2, -0.15) is 0 Å². The van der Waals surface area contributed by atoms with E-state index in [0.29, 0.717) is 6.42 Å². The summed E-state index contributed by atoms with van der Waals surface area (Å²) in [7, 11) is 0. The minimum absolute atomic E-state index is 0.167. The Morgan fingerprint density at radius 1 is 1.12 bits per heavy atom. The van der Waals surface area contributed by atoms with Crippen molar-refractivity contribution in [1.29, 1.82) is 0 Å². The fourth-order valence-corrected chi connectivity index (χ4v) is 2.55. The third-order valence-corrected chi connectivity index (χ3v) is 3.72. The number of hydrogen-bond donors (Lipinski definition) is 1. The third-order valence-electron chi connectivity index (χ3n) is 2.51. The lowest BCUT2D eigenvalue weighted by Gasteiger charge is -1.99. The molecule has 1 N–H and O–H groups in total. The molecule has 1 aromatic carbocycles. The molecule has 0 unspecified atom stereocenters. The van der Waals surface area contributed by atoms with Crippen LogP contribution in [0.4, 0.5) is 0 Å². The summed E-state index contributed by atoms with van der Waals surface area (Å²) in [6.07, 6.45) is 2.57. The van der Waals surface area contributed by atoms with Crippen molar-refractivity contribution in [2.24, 2.45) is 0 Å². The zero-order valence-corrected chi connectivity index (χ0v) is 11.0. The largest absolute Gasteiger partial charge is 0.396 e. The van der Waals surface area contributed by atoms with E-state index in [0.717, 1.165) is 28.6 Å². The zero-order chi connectivity index (χ0) is 12.1. The van der Waals surface area contributed by atoms with Gasteiger partial charge in [0.25, 0.3) is 0 Å². The van der Waals surface area contributed by atoms with Gasteiger partial charge in [0.05, 0.1) is 10.7 Å². The maximum Gasteiger partial charge on any atom is 0.0931 e. The van der Waals surface area contributed by atoms with Crippen molar-refractivity contribution < 1.29 is 5.11 Å². The smallest absolute Gasteiger partial charge is 0.0931 e. The van der Waals surface area contributed by atoms with Gasteiger partial charge in [-0.15, -0.1) is 11.3 Å². The molecular formula is C13H14ClNOS. The molecule has 0 aliphatic rings. The predicted molar refractivity (Wildman–Crippen MR) is 71.8 cm³/mol. The monoisotopic (exact) mass is 267 g/mol. The molecule has 4 heteroatoms. The highest BCUT2D eigenvalue weighted by Crippen LogP contribution is 2.15. The van der Waals surface area contributed by atoms with Gasteiger partial charge in [-0.1, -0.05) is 23.7 Å². The summed E-state index contributed by atoms with van der Waals surface area (Å²) in [5.74, 6) is 0. The van der Waals surface area contributed by atoms with E-state index in [-0.39, 0.29) is 6.61 Å². The molecule has 0 saturated carbocycles. The summed E-state index contributed by atoms with van der Waals surface area (Å²) in [5.41, 5.74) is 2.26. The lowest BCUT2D eigenvalue weighted by atomic mass is 10.1. The Labute approximate surface area is 110 Å². The molecule has 0 aliphatic heterocycles. The van der Waals surface area contributed by atoms with Crippen molar-refractivity contribution in [3.8, 4) is 0 Å². The summed E-state index contributed by atoms with van der Waals surface area (Å²) in [6.45, 7) is 0.167. The molecule has 1 heterocycles. The van der Waals surface area contributed by atoms with Crippen LogP contribution in [0.1, 0.15) is 16.3 Å². The van der Waals surface area contributed by atoms with Gasteiger partial charge in [-0.3, -0.25) is 0 Å². The van der Waals surface area contributed by atoms with Gasteiger partial charge in [0, 0.05) is 29.9 Å². The number of aryl methyl sites for hydroxylation is 2. The lowest BCUT2D eigenvalue weighted by Crippen LogP contribution is -1.93. The molecule has 1 aromatic heterocycles. The first-order valence-electron chi connectivity index (χ1n) is 5.56. The van der Waals surface area contributed by atoms with Gasteiger partial charge in [0.1, 0.15) is 0 Å². The highest BCUT2D eigenvalue weighted by molar-refractivity contribution is 7.09. The van der Waals surface area contributed by atoms with Crippen LogP contribution >= 0.6 is 22.9 Å². The maximum absolute atomic E-state index is 8.81. The van der Waals surface area contributed by atoms with Crippen LogP contribution in [0.25, 0.3) is 0 Å². The van der Waals surface area contributed by atoms with E-state index in [4.69, 9.17) is 16.7 Å². The van der Waals surface area contributed by atoms with E-state index in [1.165, 1.54) is 5.56 Å². The molecule has 17 heavy (non-hydrogen) atoms. The number of rotatable bonds is 5. The summed E-state index contributed by atoms with van der Waals surface area (Å²) >= 11 is 7.50. The van der Waals surface area contributed by atoms with Gasteiger partial charge in [0.15, 0.2) is 0 Å². The Hall–Kier alpha value is -0.900. The molecule has 0 spiro atoms.